The van der Waals surface area contributed by atoms with Crippen LogP contribution in [-0.4, -0.2) is 33.6 Å². The van der Waals surface area contributed by atoms with Gasteiger partial charge in [-0.05, 0) is 36.8 Å². The number of non-ortho nitro benzene ring substituents is 1. The molecule has 5 rings (SSSR count). The molecule has 1 amide bonds. The second-order valence-electron chi connectivity index (χ2n) is 7.92. The zero-order chi connectivity index (χ0) is 24.5. The Labute approximate surface area is 200 Å². The van der Waals surface area contributed by atoms with E-state index in [2.05, 4.69) is 10.2 Å². The van der Waals surface area contributed by atoms with Crippen LogP contribution in [0.15, 0.2) is 78.9 Å². The zero-order valence-electron chi connectivity index (χ0n) is 18.7. The summed E-state index contributed by atoms with van der Waals surface area (Å²) in [5.74, 6) is -0.780. The monoisotopic (exact) mass is 468 g/mol. The molecule has 2 heterocycles. The molecule has 35 heavy (non-hydrogen) atoms. The summed E-state index contributed by atoms with van der Waals surface area (Å²) in [5.41, 5.74) is 3.74. The quantitative estimate of drug-likeness (QED) is 0.244. The van der Waals surface area contributed by atoms with E-state index in [1.807, 2.05) is 30.3 Å². The molecule has 1 aromatic heterocycles. The number of ether oxygens (including phenoxy) is 1. The molecule has 1 aliphatic rings. The molecule has 0 bridgehead atoms. The van der Waals surface area contributed by atoms with Gasteiger partial charge in [0.15, 0.2) is 0 Å². The molecule has 0 saturated carbocycles. The molecule has 0 saturated heterocycles. The van der Waals surface area contributed by atoms with Crippen molar-refractivity contribution in [1.29, 1.82) is 0 Å². The maximum absolute atomic E-state index is 13.6. The van der Waals surface area contributed by atoms with Crippen molar-refractivity contribution in [2.45, 2.75) is 13.0 Å². The number of nitrogens with zero attached hydrogens (tertiary/aromatic N) is 3. The standard InChI is InChI=1S/C26H20N4O5/c1-2-35-26(32)17-11-13-19(14-12-17)29-24(18-9-6-10-20(15-18)30(33)34)21-22(16-7-4-3-5-8-16)27-28-23(21)25(29)31/h3-15,24H,2H2,1H3,(H,27,28). The Bertz CT molecular complexity index is 1430. The van der Waals surface area contributed by atoms with Gasteiger partial charge < -0.3 is 4.74 Å². The number of aromatic amines is 1. The number of rotatable bonds is 6. The van der Waals surface area contributed by atoms with Crippen molar-refractivity contribution in [2.75, 3.05) is 11.5 Å². The first-order chi connectivity index (χ1) is 17.0. The highest BCUT2D eigenvalue weighted by molar-refractivity contribution is 6.12. The summed E-state index contributed by atoms with van der Waals surface area (Å²) in [6.45, 7) is 1.98. The molecule has 1 atom stereocenters. The van der Waals surface area contributed by atoms with E-state index in [-0.39, 0.29) is 18.2 Å². The summed E-state index contributed by atoms with van der Waals surface area (Å²) in [4.78, 5) is 38.3. The summed E-state index contributed by atoms with van der Waals surface area (Å²) in [6.07, 6.45) is 0. The van der Waals surface area contributed by atoms with Crippen molar-refractivity contribution in [2.24, 2.45) is 0 Å². The minimum atomic E-state index is -0.667. The number of anilines is 1. The van der Waals surface area contributed by atoms with Crippen LogP contribution in [0.2, 0.25) is 0 Å². The SMILES string of the molecule is CCOC(=O)c1ccc(N2C(=O)c3[nH]nc(-c4ccccc4)c3C2c2cccc([N+](=O)[O-])c2)cc1. The highest BCUT2D eigenvalue weighted by atomic mass is 16.6. The summed E-state index contributed by atoms with van der Waals surface area (Å²) < 4.78 is 5.05. The van der Waals surface area contributed by atoms with Gasteiger partial charge in [-0.1, -0.05) is 42.5 Å². The van der Waals surface area contributed by atoms with E-state index in [1.54, 1.807) is 48.2 Å². The first kappa shape index (κ1) is 22.0. The van der Waals surface area contributed by atoms with Crippen molar-refractivity contribution in [3.8, 4) is 11.3 Å². The summed E-state index contributed by atoms with van der Waals surface area (Å²) in [6, 6.07) is 21.5. The molecule has 0 fully saturated rings. The van der Waals surface area contributed by atoms with Crippen LogP contribution in [0, 0.1) is 10.1 Å². The summed E-state index contributed by atoms with van der Waals surface area (Å²) in [7, 11) is 0. The second-order valence-corrected chi connectivity index (χ2v) is 7.92. The number of nitrogens with one attached hydrogen (secondary N) is 1. The number of amides is 1. The third kappa shape index (κ3) is 3.82. The zero-order valence-corrected chi connectivity index (χ0v) is 18.7. The molecule has 4 aromatic rings. The Morgan fingerprint density at radius 2 is 1.83 bits per heavy atom. The van der Waals surface area contributed by atoms with Crippen LogP contribution in [0.1, 0.15) is 44.9 Å². The van der Waals surface area contributed by atoms with Gasteiger partial charge in [0.1, 0.15) is 5.69 Å². The van der Waals surface area contributed by atoms with Crippen molar-refractivity contribution < 1.29 is 19.2 Å². The van der Waals surface area contributed by atoms with Crippen LogP contribution < -0.4 is 4.90 Å². The van der Waals surface area contributed by atoms with E-state index in [1.165, 1.54) is 12.1 Å². The number of nitro benzene ring substituents is 1. The molecule has 0 aliphatic carbocycles. The highest BCUT2D eigenvalue weighted by Crippen LogP contribution is 2.45. The van der Waals surface area contributed by atoms with E-state index in [9.17, 15) is 19.7 Å². The lowest BCUT2D eigenvalue weighted by atomic mass is 9.95. The number of hydrogen-bond donors (Lipinski definition) is 1. The van der Waals surface area contributed by atoms with Crippen molar-refractivity contribution in [3.63, 3.8) is 0 Å². The van der Waals surface area contributed by atoms with Gasteiger partial charge in [0.05, 0.1) is 28.8 Å². The Kier molecular flexibility index (Phi) is 5.58. The van der Waals surface area contributed by atoms with E-state index in [0.29, 0.717) is 33.8 Å². The normalized spacial score (nSPS) is 14.6. The van der Waals surface area contributed by atoms with Crippen LogP contribution in [0.3, 0.4) is 0 Å². The first-order valence-electron chi connectivity index (χ1n) is 11.0. The summed E-state index contributed by atoms with van der Waals surface area (Å²) in [5, 5.41) is 18.8. The molecule has 9 heteroatoms. The fourth-order valence-electron chi connectivity index (χ4n) is 4.33. The lowest BCUT2D eigenvalue weighted by Gasteiger charge is -2.26. The molecule has 3 aromatic carbocycles. The minimum Gasteiger partial charge on any atom is -0.462 e. The highest BCUT2D eigenvalue weighted by Gasteiger charge is 2.43. The molecule has 174 valence electrons. The second kappa shape index (κ2) is 8.86. The number of aromatic nitrogens is 2. The Hall–Kier alpha value is -4.79. The van der Waals surface area contributed by atoms with Gasteiger partial charge in [-0.3, -0.25) is 24.9 Å². The fraction of sp³-hybridized carbons (Fsp3) is 0.115. The Morgan fingerprint density at radius 1 is 1.09 bits per heavy atom. The predicted molar refractivity (Wildman–Crippen MR) is 128 cm³/mol. The number of hydrogen-bond acceptors (Lipinski definition) is 6. The molecule has 1 N–H and O–H groups in total. The topological polar surface area (TPSA) is 118 Å². The molecule has 0 radical (unpaired) electrons. The van der Waals surface area contributed by atoms with Crippen molar-refractivity contribution in [3.05, 3.63) is 111 Å². The number of fused-ring (bicyclic) bond motifs is 1. The largest absolute Gasteiger partial charge is 0.462 e. The molecule has 1 unspecified atom stereocenters. The van der Waals surface area contributed by atoms with E-state index < -0.39 is 16.9 Å². The Morgan fingerprint density at radius 3 is 2.51 bits per heavy atom. The number of esters is 1. The fourth-order valence-corrected chi connectivity index (χ4v) is 4.33. The van der Waals surface area contributed by atoms with Crippen LogP contribution in [-0.2, 0) is 4.74 Å². The molecule has 1 aliphatic heterocycles. The number of carbonyl (C=O) groups excluding carboxylic acids is 2. The van der Waals surface area contributed by atoms with Gasteiger partial charge >= 0.3 is 5.97 Å². The average molecular weight is 468 g/mol. The predicted octanol–water partition coefficient (Wildman–Crippen LogP) is 4.91. The lowest BCUT2D eigenvalue weighted by Crippen LogP contribution is -2.29. The maximum atomic E-state index is 13.6. The lowest BCUT2D eigenvalue weighted by molar-refractivity contribution is -0.384. The molecular formula is C26H20N4O5. The molecule has 9 nitrogen and oxygen atoms in total. The molecule has 0 spiro atoms. The third-order valence-corrected chi connectivity index (χ3v) is 5.87. The maximum Gasteiger partial charge on any atom is 0.338 e. The number of benzene rings is 3. The number of H-pyrrole nitrogens is 1. The van der Waals surface area contributed by atoms with Gasteiger partial charge in [0.25, 0.3) is 11.6 Å². The van der Waals surface area contributed by atoms with Gasteiger partial charge in [-0.25, -0.2) is 4.79 Å². The van der Waals surface area contributed by atoms with Crippen LogP contribution in [0.5, 0.6) is 0 Å². The first-order valence-corrected chi connectivity index (χ1v) is 11.0. The molecular weight excluding hydrogens is 448 g/mol. The van der Waals surface area contributed by atoms with Crippen LogP contribution >= 0.6 is 0 Å². The third-order valence-electron chi connectivity index (χ3n) is 5.87. The number of nitro groups is 1. The van der Waals surface area contributed by atoms with E-state index in [4.69, 9.17) is 4.74 Å². The van der Waals surface area contributed by atoms with Crippen molar-refractivity contribution >= 4 is 23.3 Å². The van der Waals surface area contributed by atoms with Gasteiger partial charge in [-0.2, -0.15) is 5.10 Å². The van der Waals surface area contributed by atoms with Gasteiger partial charge in [0.2, 0.25) is 0 Å². The smallest absolute Gasteiger partial charge is 0.338 e. The van der Waals surface area contributed by atoms with Crippen LogP contribution in [0.25, 0.3) is 11.3 Å². The summed E-state index contributed by atoms with van der Waals surface area (Å²) >= 11 is 0. The van der Waals surface area contributed by atoms with Gasteiger partial charge in [0, 0.05) is 28.9 Å². The Balaban J connectivity index is 1.66. The number of carbonyl (C=O) groups is 2. The minimum absolute atomic E-state index is 0.0780. The van der Waals surface area contributed by atoms with Crippen molar-refractivity contribution in [1.82, 2.24) is 10.2 Å². The van der Waals surface area contributed by atoms with Gasteiger partial charge in [-0.15, -0.1) is 0 Å². The van der Waals surface area contributed by atoms with E-state index in [0.717, 1.165) is 5.56 Å². The van der Waals surface area contributed by atoms with Crippen LogP contribution in [0.4, 0.5) is 11.4 Å². The average Bonchev–Trinajstić information content (AvgIpc) is 3.44. The van der Waals surface area contributed by atoms with E-state index >= 15 is 0 Å².